The summed E-state index contributed by atoms with van der Waals surface area (Å²) in [6.07, 6.45) is 0.840. The zero-order chi connectivity index (χ0) is 20.4. The molecule has 7 heteroatoms. The lowest BCUT2D eigenvalue weighted by atomic mass is 10.0. The highest BCUT2D eigenvalue weighted by Crippen LogP contribution is 2.30. The van der Waals surface area contributed by atoms with Crippen molar-refractivity contribution in [2.24, 2.45) is 0 Å². The van der Waals surface area contributed by atoms with E-state index in [2.05, 4.69) is 10.6 Å². The van der Waals surface area contributed by atoms with E-state index in [9.17, 15) is 14.4 Å². The third kappa shape index (κ3) is 3.68. The number of carbonyl (C=O) groups is 3. The summed E-state index contributed by atoms with van der Waals surface area (Å²) in [7, 11) is 0. The topological polar surface area (TPSA) is 81.8 Å². The van der Waals surface area contributed by atoms with Gasteiger partial charge in [-0.15, -0.1) is 0 Å². The molecule has 7 nitrogen and oxygen atoms in total. The lowest BCUT2D eigenvalue weighted by Gasteiger charge is -2.39. The fourth-order valence-electron chi connectivity index (χ4n) is 3.79. The Morgan fingerprint density at radius 3 is 2.66 bits per heavy atom. The molecule has 1 unspecified atom stereocenters. The van der Waals surface area contributed by atoms with E-state index in [4.69, 9.17) is 0 Å². The molecule has 29 heavy (non-hydrogen) atoms. The van der Waals surface area contributed by atoms with E-state index < -0.39 is 6.04 Å². The molecule has 1 atom stereocenters. The van der Waals surface area contributed by atoms with Crippen molar-refractivity contribution in [1.82, 2.24) is 15.1 Å². The van der Waals surface area contributed by atoms with Crippen molar-refractivity contribution < 1.29 is 14.4 Å². The van der Waals surface area contributed by atoms with Crippen molar-refractivity contribution in [3.8, 4) is 11.1 Å². The number of carbonyl (C=O) groups excluding carboxylic acids is 3. The summed E-state index contributed by atoms with van der Waals surface area (Å²) in [6, 6.07) is 14.4. The number of piperazine rings is 1. The Bertz CT molecular complexity index is 944. The second-order valence-electron chi connectivity index (χ2n) is 7.31. The standard InChI is InChI=1S/C22H24N4O3/c1-2-10-23-22(29)25-11-12-26-19(14-25)20(27)24-18-9-8-16(13-17(18)21(26)28)15-6-4-3-5-7-15/h3-9,13,19H,2,10-12,14H2,1H3,(H,23,29)(H,24,27). The lowest BCUT2D eigenvalue weighted by Crippen LogP contribution is -2.60. The van der Waals surface area contributed by atoms with Crippen LogP contribution in [0.2, 0.25) is 0 Å². The first-order valence-corrected chi connectivity index (χ1v) is 9.92. The second-order valence-corrected chi connectivity index (χ2v) is 7.31. The zero-order valence-electron chi connectivity index (χ0n) is 16.4. The van der Waals surface area contributed by atoms with Gasteiger partial charge in [-0.3, -0.25) is 9.59 Å². The average Bonchev–Trinajstić information content (AvgIpc) is 2.86. The molecule has 0 aromatic heterocycles. The summed E-state index contributed by atoms with van der Waals surface area (Å²) in [4.78, 5) is 41.6. The molecule has 2 heterocycles. The molecule has 2 aromatic carbocycles. The van der Waals surface area contributed by atoms with Crippen LogP contribution in [-0.2, 0) is 4.79 Å². The minimum Gasteiger partial charge on any atom is -0.338 e. The van der Waals surface area contributed by atoms with Crippen molar-refractivity contribution in [3.63, 3.8) is 0 Å². The molecule has 0 aliphatic carbocycles. The normalized spacial score (nSPS) is 18.4. The van der Waals surface area contributed by atoms with Crippen LogP contribution in [0, 0.1) is 0 Å². The van der Waals surface area contributed by atoms with Crippen LogP contribution in [0.4, 0.5) is 10.5 Å². The Morgan fingerprint density at radius 1 is 1.10 bits per heavy atom. The van der Waals surface area contributed by atoms with Gasteiger partial charge in [0.15, 0.2) is 0 Å². The number of amides is 4. The third-order valence-electron chi connectivity index (χ3n) is 5.37. The van der Waals surface area contributed by atoms with Gasteiger partial charge in [0.2, 0.25) is 5.91 Å². The molecule has 0 spiro atoms. The monoisotopic (exact) mass is 392 g/mol. The SMILES string of the molecule is CCCNC(=O)N1CCN2C(=O)c3cc(-c4ccccc4)ccc3NC(=O)C2C1. The molecule has 1 saturated heterocycles. The minimum absolute atomic E-state index is 0.185. The predicted octanol–water partition coefficient (Wildman–Crippen LogP) is 2.55. The van der Waals surface area contributed by atoms with Crippen LogP contribution in [0.3, 0.4) is 0 Å². The van der Waals surface area contributed by atoms with E-state index in [0.717, 1.165) is 17.5 Å². The van der Waals surface area contributed by atoms with Gasteiger partial charge in [-0.1, -0.05) is 43.3 Å². The number of rotatable bonds is 3. The minimum atomic E-state index is -0.698. The van der Waals surface area contributed by atoms with E-state index in [-0.39, 0.29) is 24.4 Å². The molecule has 2 aliphatic heterocycles. The number of hydrogen-bond acceptors (Lipinski definition) is 3. The molecule has 0 saturated carbocycles. The van der Waals surface area contributed by atoms with Gasteiger partial charge in [-0.2, -0.15) is 0 Å². The summed E-state index contributed by atoms with van der Waals surface area (Å²) >= 11 is 0. The van der Waals surface area contributed by atoms with E-state index >= 15 is 0 Å². The number of anilines is 1. The smallest absolute Gasteiger partial charge is 0.317 e. The van der Waals surface area contributed by atoms with Crippen molar-refractivity contribution in [3.05, 3.63) is 54.1 Å². The maximum Gasteiger partial charge on any atom is 0.317 e. The molecule has 2 aromatic rings. The molecule has 1 fully saturated rings. The lowest BCUT2D eigenvalue weighted by molar-refractivity contribution is -0.121. The fourth-order valence-corrected chi connectivity index (χ4v) is 3.79. The number of hydrogen-bond donors (Lipinski definition) is 2. The Kier molecular flexibility index (Phi) is 5.20. The second kappa shape index (κ2) is 7.95. The first kappa shape index (κ1) is 19.0. The molecule has 150 valence electrons. The van der Waals surface area contributed by atoms with E-state index in [1.54, 1.807) is 15.9 Å². The quantitative estimate of drug-likeness (QED) is 0.842. The molecule has 0 bridgehead atoms. The van der Waals surface area contributed by atoms with E-state index in [1.165, 1.54) is 0 Å². The van der Waals surface area contributed by atoms with Gasteiger partial charge in [-0.05, 0) is 29.7 Å². The molecule has 2 N–H and O–H groups in total. The maximum absolute atomic E-state index is 13.3. The van der Waals surface area contributed by atoms with Gasteiger partial charge in [0.05, 0.1) is 17.8 Å². The Hall–Kier alpha value is -3.35. The van der Waals surface area contributed by atoms with Crippen LogP contribution in [-0.4, -0.2) is 59.9 Å². The average molecular weight is 392 g/mol. The summed E-state index contributed by atoms with van der Waals surface area (Å²) in [5.74, 6) is -0.452. The van der Waals surface area contributed by atoms with Crippen molar-refractivity contribution in [1.29, 1.82) is 0 Å². The van der Waals surface area contributed by atoms with Crippen LogP contribution in [0.5, 0.6) is 0 Å². The highest BCUT2D eigenvalue weighted by molar-refractivity contribution is 6.10. The van der Waals surface area contributed by atoms with Crippen molar-refractivity contribution in [2.75, 3.05) is 31.5 Å². The summed E-state index contributed by atoms with van der Waals surface area (Å²) in [5, 5.41) is 5.71. The van der Waals surface area contributed by atoms with Crippen molar-refractivity contribution in [2.45, 2.75) is 19.4 Å². The molecule has 0 radical (unpaired) electrons. The van der Waals surface area contributed by atoms with Gasteiger partial charge < -0.3 is 20.4 Å². The Balaban J connectivity index is 1.60. The summed E-state index contributed by atoms with van der Waals surface area (Å²) in [5.41, 5.74) is 2.91. The maximum atomic E-state index is 13.3. The zero-order valence-corrected chi connectivity index (χ0v) is 16.4. The van der Waals surface area contributed by atoms with Crippen LogP contribution in [0.1, 0.15) is 23.7 Å². The summed E-state index contributed by atoms with van der Waals surface area (Å²) < 4.78 is 0. The highest BCUT2D eigenvalue weighted by atomic mass is 16.2. The van der Waals surface area contributed by atoms with Crippen LogP contribution >= 0.6 is 0 Å². The molecule has 4 rings (SSSR count). The van der Waals surface area contributed by atoms with Gasteiger partial charge in [-0.25, -0.2) is 4.79 Å². The third-order valence-corrected chi connectivity index (χ3v) is 5.37. The fraction of sp³-hybridized carbons (Fsp3) is 0.318. The van der Waals surface area contributed by atoms with Crippen LogP contribution < -0.4 is 10.6 Å². The van der Waals surface area contributed by atoms with E-state index in [1.807, 2.05) is 49.4 Å². The van der Waals surface area contributed by atoms with Gasteiger partial charge in [0.1, 0.15) is 6.04 Å². The van der Waals surface area contributed by atoms with Crippen LogP contribution in [0.25, 0.3) is 11.1 Å². The number of nitrogens with zero attached hydrogens (tertiary/aromatic N) is 2. The van der Waals surface area contributed by atoms with Gasteiger partial charge in [0, 0.05) is 19.6 Å². The summed E-state index contributed by atoms with van der Waals surface area (Å²) in [6.45, 7) is 3.48. The predicted molar refractivity (Wildman–Crippen MR) is 111 cm³/mol. The van der Waals surface area contributed by atoms with Crippen LogP contribution in [0.15, 0.2) is 48.5 Å². The number of benzene rings is 2. The Morgan fingerprint density at radius 2 is 1.90 bits per heavy atom. The largest absolute Gasteiger partial charge is 0.338 e. The number of urea groups is 1. The van der Waals surface area contributed by atoms with Crippen molar-refractivity contribution >= 4 is 23.5 Å². The highest BCUT2D eigenvalue weighted by Gasteiger charge is 2.40. The molecular weight excluding hydrogens is 368 g/mol. The number of fused-ring (bicyclic) bond motifs is 2. The first-order valence-electron chi connectivity index (χ1n) is 9.92. The van der Waals surface area contributed by atoms with Gasteiger partial charge >= 0.3 is 6.03 Å². The van der Waals surface area contributed by atoms with E-state index in [0.29, 0.717) is 30.9 Å². The van der Waals surface area contributed by atoms with Gasteiger partial charge in [0.25, 0.3) is 5.91 Å². The molecule has 4 amide bonds. The first-order chi connectivity index (χ1) is 14.1. The molecule has 2 aliphatic rings. The number of nitrogens with one attached hydrogen (secondary N) is 2. The molecular formula is C22H24N4O3. The Labute approximate surface area is 169 Å².